The van der Waals surface area contributed by atoms with Crippen LogP contribution in [0.15, 0.2) is 60.3 Å². The van der Waals surface area contributed by atoms with E-state index >= 15 is 0 Å². The van der Waals surface area contributed by atoms with Crippen LogP contribution in [-0.4, -0.2) is 61.6 Å². The Morgan fingerprint density at radius 1 is 1.24 bits per heavy atom. The van der Waals surface area contributed by atoms with E-state index in [1.165, 1.54) is 23.6 Å². The van der Waals surface area contributed by atoms with Crippen molar-refractivity contribution >= 4 is 40.1 Å². The summed E-state index contributed by atoms with van der Waals surface area (Å²) >= 11 is 1.23. The number of aliphatic hydroxyl groups is 1. The van der Waals surface area contributed by atoms with Gasteiger partial charge >= 0.3 is 0 Å². The molecule has 0 radical (unpaired) electrons. The van der Waals surface area contributed by atoms with E-state index in [0.717, 1.165) is 28.8 Å². The molecule has 2 atom stereocenters. The van der Waals surface area contributed by atoms with Crippen LogP contribution in [-0.2, 0) is 17.9 Å². The molecule has 3 aromatic heterocycles. The Labute approximate surface area is 271 Å². The SMILES string of the molecule is C[C@@H](CO)NCc1ccc2c(c1)nc(NC(=O)c1ccc(-c3ccnc(F)c3)s1)n2C[C@H]1CCCN1C(=O)C(C#N)=CC(C)(C)C. The number of aliphatic hydroxyl groups excluding tert-OH is 1. The van der Waals surface area contributed by atoms with Crippen LogP contribution < -0.4 is 10.6 Å². The zero-order chi connectivity index (χ0) is 33.0. The van der Waals surface area contributed by atoms with Gasteiger partial charge in [-0.2, -0.15) is 9.65 Å². The number of hydrogen-bond acceptors (Lipinski definition) is 8. The number of nitrogens with zero attached hydrogens (tertiary/aromatic N) is 5. The summed E-state index contributed by atoms with van der Waals surface area (Å²) in [6, 6.07) is 14.1. The van der Waals surface area contributed by atoms with Gasteiger partial charge in [0.05, 0.1) is 28.6 Å². The first kappa shape index (κ1) is 32.9. The fourth-order valence-corrected chi connectivity index (χ4v) is 6.39. The first-order valence-corrected chi connectivity index (χ1v) is 16.1. The number of fused-ring (bicyclic) bond motifs is 1. The number of halogens is 1. The molecule has 1 aliphatic heterocycles. The molecule has 4 heterocycles. The van der Waals surface area contributed by atoms with Crippen molar-refractivity contribution in [1.82, 2.24) is 24.8 Å². The van der Waals surface area contributed by atoms with Crippen molar-refractivity contribution in [3.63, 3.8) is 0 Å². The quantitative estimate of drug-likeness (QED) is 0.118. The number of aromatic nitrogens is 3. The number of carbonyl (C=O) groups excluding carboxylic acids is 2. The maximum absolute atomic E-state index is 13.7. The van der Waals surface area contributed by atoms with Gasteiger partial charge in [0.25, 0.3) is 11.8 Å². The molecule has 1 saturated heterocycles. The van der Waals surface area contributed by atoms with Crippen LogP contribution in [0.2, 0.25) is 0 Å². The summed E-state index contributed by atoms with van der Waals surface area (Å²) in [5.74, 6) is -0.912. The molecule has 1 fully saturated rings. The third-order valence-corrected chi connectivity index (χ3v) is 8.90. The summed E-state index contributed by atoms with van der Waals surface area (Å²) in [5.41, 5.74) is 2.85. The fourth-order valence-electron chi connectivity index (χ4n) is 5.49. The molecule has 0 unspecified atom stereocenters. The van der Waals surface area contributed by atoms with Gasteiger partial charge < -0.3 is 19.9 Å². The minimum Gasteiger partial charge on any atom is -0.395 e. The van der Waals surface area contributed by atoms with Gasteiger partial charge in [0, 0.05) is 42.8 Å². The number of benzene rings is 1. The number of carbonyl (C=O) groups is 2. The molecule has 0 spiro atoms. The smallest absolute Gasteiger partial charge is 0.268 e. The molecule has 1 aliphatic rings. The number of thiophene rings is 1. The number of nitriles is 1. The number of anilines is 1. The fraction of sp³-hybridized carbons (Fsp3) is 0.382. The first-order valence-electron chi connectivity index (χ1n) is 15.3. The van der Waals surface area contributed by atoms with E-state index in [0.29, 0.717) is 41.5 Å². The third-order valence-electron chi connectivity index (χ3n) is 7.77. The second-order valence-electron chi connectivity index (χ2n) is 12.6. The van der Waals surface area contributed by atoms with Crippen LogP contribution in [0, 0.1) is 22.7 Å². The molecular weight excluding hydrogens is 605 g/mol. The lowest BCUT2D eigenvalue weighted by Crippen LogP contribution is -2.39. The van der Waals surface area contributed by atoms with Crippen molar-refractivity contribution in [2.45, 2.75) is 65.7 Å². The molecule has 0 bridgehead atoms. The molecule has 5 rings (SSSR count). The predicted octanol–water partition coefficient (Wildman–Crippen LogP) is 5.51. The Balaban J connectivity index is 1.46. The standard InChI is InChI=1S/C34H38FN7O3S/c1-21(20-43)38-18-22-7-8-27-26(14-22)39-33(40-31(44)29-10-9-28(46-29)23-11-12-37-30(35)15-23)42(27)19-25-6-5-13-41(25)32(45)24(17-36)16-34(2,3)4/h7-12,14-16,21,25,38,43H,5-6,13,18-20H2,1-4H3,(H,39,40,44)/t21-,25+/m0/s1. The normalized spacial score (nSPS) is 16.1. The van der Waals surface area contributed by atoms with Gasteiger partial charge in [-0.25, -0.2) is 9.97 Å². The highest BCUT2D eigenvalue weighted by Gasteiger charge is 2.32. The van der Waals surface area contributed by atoms with Crippen LogP contribution in [0.1, 0.15) is 55.8 Å². The van der Waals surface area contributed by atoms with Crippen LogP contribution in [0.25, 0.3) is 21.5 Å². The average Bonchev–Trinajstić information content (AvgIpc) is 3.77. The Bertz CT molecular complexity index is 1820. The van der Waals surface area contributed by atoms with Crippen LogP contribution in [0.3, 0.4) is 0 Å². The van der Waals surface area contributed by atoms with Crippen LogP contribution in [0.5, 0.6) is 0 Å². The van der Waals surface area contributed by atoms with Crippen molar-refractivity contribution in [3.8, 4) is 16.5 Å². The number of nitrogens with one attached hydrogen (secondary N) is 2. The largest absolute Gasteiger partial charge is 0.395 e. The van der Waals surface area contributed by atoms with Gasteiger partial charge in [-0.3, -0.25) is 14.9 Å². The highest BCUT2D eigenvalue weighted by atomic mass is 32.1. The lowest BCUT2D eigenvalue weighted by molar-refractivity contribution is -0.127. The second-order valence-corrected chi connectivity index (χ2v) is 13.7. The van der Waals surface area contributed by atoms with E-state index in [9.17, 15) is 24.3 Å². The van der Waals surface area contributed by atoms with Crippen molar-refractivity contribution in [2.75, 3.05) is 18.5 Å². The number of hydrogen-bond donors (Lipinski definition) is 3. The van der Waals surface area contributed by atoms with E-state index < -0.39 is 5.95 Å². The van der Waals surface area contributed by atoms with E-state index in [1.54, 1.807) is 29.2 Å². The molecule has 1 aromatic carbocycles. The Morgan fingerprint density at radius 3 is 2.76 bits per heavy atom. The molecule has 46 heavy (non-hydrogen) atoms. The van der Waals surface area contributed by atoms with E-state index in [-0.39, 0.29) is 41.5 Å². The minimum atomic E-state index is -0.596. The lowest BCUT2D eigenvalue weighted by Gasteiger charge is -2.26. The maximum Gasteiger partial charge on any atom is 0.268 e. The summed E-state index contributed by atoms with van der Waals surface area (Å²) in [7, 11) is 0. The highest BCUT2D eigenvalue weighted by molar-refractivity contribution is 7.17. The molecule has 12 heteroatoms. The van der Waals surface area contributed by atoms with Gasteiger partial charge in [-0.15, -0.1) is 11.3 Å². The van der Waals surface area contributed by atoms with Crippen molar-refractivity contribution in [3.05, 3.63) is 76.7 Å². The lowest BCUT2D eigenvalue weighted by atomic mass is 9.93. The maximum atomic E-state index is 13.7. The predicted molar refractivity (Wildman–Crippen MR) is 176 cm³/mol. The van der Waals surface area contributed by atoms with Crippen LogP contribution in [0.4, 0.5) is 10.3 Å². The second kappa shape index (κ2) is 13.9. The number of imidazole rings is 1. The third kappa shape index (κ3) is 7.67. The molecule has 2 amide bonds. The zero-order valence-corrected chi connectivity index (χ0v) is 27.2. The molecule has 10 nitrogen and oxygen atoms in total. The number of amides is 2. The molecule has 3 N–H and O–H groups in total. The number of rotatable bonds is 10. The van der Waals surface area contributed by atoms with E-state index in [4.69, 9.17) is 4.98 Å². The first-order chi connectivity index (χ1) is 22.0. The molecular formula is C34H38FN7O3S. The Morgan fingerprint density at radius 2 is 2.04 bits per heavy atom. The van der Waals surface area contributed by atoms with Gasteiger partial charge in [-0.1, -0.05) is 32.9 Å². The Hall–Kier alpha value is -4.44. The average molecular weight is 644 g/mol. The monoisotopic (exact) mass is 643 g/mol. The summed E-state index contributed by atoms with van der Waals surface area (Å²) in [6.07, 6.45) is 4.64. The van der Waals surface area contributed by atoms with Crippen molar-refractivity contribution < 1.29 is 19.1 Å². The molecule has 240 valence electrons. The topological polar surface area (TPSA) is 136 Å². The highest BCUT2D eigenvalue weighted by Crippen LogP contribution is 2.31. The summed E-state index contributed by atoms with van der Waals surface area (Å²) in [5, 5.41) is 25.4. The summed E-state index contributed by atoms with van der Waals surface area (Å²) in [6.45, 7) is 9.20. The summed E-state index contributed by atoms with van der Waals surface area (Å²) in [4.78, 5) is 38.4. The Kier molecular flexibility index (Phi) is 9.96. The molecule has 0 aliphatic carbocycles. The molecule has 4 aromatic rings. The van der Waals surface area contributed by atoms with Gasteiger partial charge in [-0.05, 0) is 66.6 Å². The zero-order valence-electron chi connectivity index (χ0n) is 26.4. The van der Waals surface area contributed by atoms with E-state index in [2.05, 4.69) is 21.7 Å². The van der Waals surface area contributed by atoms with Crippen molar-refractivity contribution in [1.29, 1.82) is 5.26 Å². The van der Waals surface area contributed by atoms with Gasteiger partial charge in [0.2, 0.25) is 11.9 Å². The van der Waals surface area contributed by atoms with Crippen molar-refractivity contribution in [2.24, 2.45) is 5.41 Å². The minimum absolute atomic E-state index is 0.0165. The van der Waals surface area contributed by atoms with Gasteiger partial charge in [0.15, 0.2) is 0 Å². The van der Waals surface area contributed by atoms with E-state index in [1.807, 2.05) is 50.5 Å². The van der Waals surface area contributed by atoms with Gasteiger partial charge in [0.1, 0.15) is 11.6 Å². The van der Waals surface area contributed by atoms with Crippen LogP contribution >= 0.6 is 11.3 Å². The molecule has 0 saturated carbocycles. The number of pyridine rings is 1. The number of allylic oxidation sites excluding steroid dienone is 1. The summed E-state index contributed by atoms with van der Waals surface area (Å²) < 4.78 is 15.6. The number of likely N-dealkylation sites (tertiary alicyclic amines) is 1.